The van der Waals surface area contributed by atoms with Gasteiger partial charge in [-0.05, 0) is 33.2 Å². The molecule has 134 valence electrons. The highest BCUT2D eigenvalue weighted by molar-refractivity contribution is 5.78. The molecular weight excluding hydrogens is 308 g/mol. The molecule has 24 heavy (non-hydrogen) atoms. The van der Waals surface area contributed by atoms with E-state index in [1.54, 1.807) is 0 Å². The van der Waals surface area contributed by atoms with E-state index in [9.17, 15) is 9.90 Å². The van der Waals surface area contributed by atoms with Crippen LogP contribution < -0.4 is 0 Å². The Morgan fingerprint density at radius 2 is 1.96 bits per heavy atom. The fourth-order valence-corrected chi connectivity index (χ4v) is 3.57. The smallest absolute Gasteiger partial charge is 0.236 e. The summed E-state index contributed by atoms with van der Waals surface area (Å²) in [4.78, 5) is 18.8. The van der Waals surface area contributed by atoms with Gasteiger partial charge in [0, 0.05) is 44.8 Å². The van der Waals surface area contributed by atoms with Crippen LogP contribution in [-0.2, 0) is 11.3 Å². The monoisotopic (exact) mass is 336 g/mol. The van der Waals surface area contributed by atoms with Gasteiger partial charge < -0.3 is 14.5 Å². The standard InChI is InChI=1S/C17H28N4O3/c1-13-16(14(2)24-18-13)11-19-6-8-21(9-7-19)17(23)12-20-5-3-4-15(22)10-20/h15,22H,3-12H2,1-2H3/t15-/m0/s1. The lowest BCUT2D eigenvalue weighted by atomic mass is 10.1. The van der Waals surface area contributed by atoms with Gasteiger partial charge in [0.2, 0.25) is 5.91 Å². The number of aromatic nitrogens is 1. The maximum Gasteiger partial charge on any atom is 0.236 e. The largest absolute Gasteiger partial charge is 0.392 e. The number of likely N-dealkylation sites (tertiary alicyclic amines) is 1. The van der Waals surface area contributed by atoms with Gasteiger partial charge in [0.25, 0.3) is 0 Å². The molecular formula is C17H28N4O3. The molecule has 0 radical (unpaired) electrons. The molecule has 2 saturated heterocycles. The van der Waals surface area contributed by atoms with Crippen LogP contribution in [0.3, 0.4) is 0 Å². The van der Waals surface area contributed by atoms with E-state index < -0.39 is 0 Å². The van der Waals surface area contributed by atoms with Crippen molar-refractivity contribution in [2.75, 3.05) is 45.8 Å². The number of carbonyl (C=O) groups excluding carboxylic acids is 1. The van der Waals surface area contributed by atoms with Crippen LogP contribution in [0.1, 0.15) is 29.9 Å². The molecule has 0 aromatic carbocycles. The van der Waals surface area contributed by atoms with Gasteiger partial charge in [0.05, 0.1) is 18.3 Å². The van der Waals surface area contributed by atoms with Crippen molar-refractivity contribution in [1.82, 2.24) is 19.9 Å². The van der Waals surface area contributed by atoms with E-state index in [1.807, 2.05) is 18.7 Å². The number of nitrogens with zero attached hydrogens (tertiary/aromatic N) is 4. The summed E-state index contributed by atoms with van der Waals surface area (Å²) >= 11 is 0. The first kappa shape index (κ1) is 17.4. The summed E-state index contributed by atoms with van der Waals surface area (Å²) in [6.07, 6.45) is 1.54. The van der Waals surface area contributed by atoms with Gasteiger partial charge in [-0.25, -0.2) is 0 Å². The molecule has 0 aliphatic carbocycles. The normalized spacial score (nSPS) is 23.6. The van der Waals surface area contributed by atoms with E-state index in [0.29, 0.717) is 13.1 Å². The second-order valence-electron chi connectivity index (χ2n) is 6.99. The Morgan fingerprint density at radius 3 is 2.58 bits per heavy atom. The summed E-state index contributed by atoms with van der Waals surface area (Å²) in [7, 11) is 0. The molecule has 2 aliphatic rings. The highest BCUT2D eigenvalue weighted by atomic mass is 16.5. The van der Waals surface area contributed by atoms with Crippen LogP contribution in [0.25, 0.3) is 0 Å². The van der Waals surface area contributed by atoms with Crippen LogP contribution in [0.5, 0.6) is 0 Å². The Morgan fingerprint density at radius 1 is 1.21 bits per heavy atom. The average Bonchev–Trinajstić information content (AvgIpc) is 2.87. The molecule has 0 saturated carbocycles. The lowest BCUT2D eigenvalue weighted by Gasteiger charge is -2.36. The maximum atomic E-state index is 12.5. The topological polar surface area (TPSA) is 73.1 Å². The highest BCUT2D eigenvalue weighted by Crippen LogP contribution is 2.16. The minimum Gasteiger partial charge on any atom is -0.392 e. The molecule has 1 atom stereocenters. The zero-order valence-corrected chi connectivity index (χ0v) is 14.7. The van der Waals surface area contributed by atoms with E-state index in [4.69, 9.17) is 4.52 Å². The van der Waals surface area contributed by atoms with Crippen molar-refractivity contribution in [3.8, 4) is 0 Å². The zero-order chi connectivity index (χ0) is 17.1. The number of aryl methyl sites for hydroxylation is 2. The third-order valence-electron chi connectivity index (χ3n) is 5.13. The molecule has 1 aromatic rings. The Bertz CT molecular complexity index is 547. The number of β-amino-alcohol motifs (C(OH)–C–C–N with tert-alkyl or cyclic N) is 1. The lowest BCUT2D eigenvalue weighted by Crippen LogP contribution is -2.52. The summed E-state index contributed by atoms with van der Waals surface area (Å²) < 4.78 is 5.22. The number of aliphatic hydroxyl groups excluding tert-OH is 1. The minimum absolute atomic E-state index is 0.182. The molecule has 3 heterocycles. The number of hydrogen-bond acceptors (Lipinski definition) is 6. The van der Waals surface area contributed by atoms with Crippen LogP contribution in [0.2, 0.25) is 0 Å². The summed E-state index contributed by atoms with van der Waals surface area (Å²) in [5.74, 6) is 1.07. The maximum absolute atomic E-state index is 12.5. The Hall–Kier alpha value is -1.44. The fourth-order valence-electron chi connectivity index (χ4n) is 3.57. The van der Waals surface area contributed by atoms with Gasteiger partial charge in [0.15, 0.2) is 0 Å². The zero-order valence-electron chi connectivity index (χ0n) is 14.7. The third-order valence-corrected chi connectivity index (χ3v) is 5.13. The van der Waals surface area contributed by atoms with E-state index in [1.165, 1.54) is 0 Å². The van der Waals surface area contributed by atoms with Crippen molar-refractivity contribution >= 4 is 5.91 Å². The number of amides is 1. The van der Waals surface area contributed by atoms with Crippen molar-refractivity contribution in [2.45, 2.75) is 39.3 Å². The molecule has 0 spiro atoms. The second kappa shape index (κ2) is 7.63. The van der Waals surface area contributed by atoms with E-state index in [0.717, 1.165) is 69.1 Å². The van der Waals surface area contributed by atoms with Crippen molar-refractivity contribution in [1.29, 1.82) is 0 Å². The second-order valence-corrected chi connectivity index (χ2v) is 6.99. The van der Waals surface area contributed by atoms with Crippen molar-refractivity contribution in [3.05, 3.63) is 17.0 Å². The Balaban J connectivity index is 1.45. The summed E-state index contributed by atoms with van der Waals surface area (Å²) in [6, 6.07) is 0. The van der Waals surface area contributed by atoms with Gasteiger partial charge in [-0.3, -0.25) is 14.6 Å². The minimum atomic E-state index is -0.279. The van der Waals surface area contributed by atoms with Gasteiger partial charge in [0.1, 0.15) is 5.76 Å². The quantitative estimate of drug-likeness (QED) is 0.858. The van der Waals surface area contributed by atoms with Crippen molar-refractivity contribution < 1.29 is 14.4 Å². The molecule has 7 nitrogen and oxygen atoms in total. The van der Waals surface area contributed by atoms with Crippen LogP contribution >= 0.6 is 0 Å². The summed E-state index contributed by atoms with van der Waals surface area (Å²) in [5.41, 5.74) is 2.12. The van der Waals surface area contributed by atoms with E-state index in [2.05, 4.69) is 15.0 Å². The highest BCUT2D eigenvalue weighted by Gasteiger charge is 2.26. The number of hydrogen-bond donors (Lipinski definition) is 1. The number of piperazine rings is 1. The molecule has 1 aromatic heterocycles. The van der Waals surface area contributed by atoms with Gasteiger partial charge >= 0.3 is 0 Å². The first-order valence-corrected chi connectivity index (χ1v) is 8.85. The number of rotatable bonds is 4. The molecule has 3 rings (SSSR count). The number of aliphatic hydroxyl groups is 1. The van der Waals surface area contributed by atoms with Crippen LogP contribution in [0, 0.1) is 13.8 Å². The van der Waals surface area contributed by atoms with E-state index >= 15 is 0 Å². The molecule has 7 heteroatoms. The predicted octanol–water partition coefficient (Wildman–Crippen LogP) is 0.392. The van der Waals surface area contributed by atoms with Crippen molar-refractivity contribution in [2.24, 2.45) is 0 Å². The summed E-state index contributed by atoms with van der Waals surface area (Å²) in [6.45, 7) is 9.99. The van der Waals surface area contributed by atoms with Crippen LogP contribution in [0.4, 0.5) is 0 Å². The molecule has 2 aliphatic heterocycles. The SMILES string of the molecule is Cc1noc(C)c1CN1CCN(C(=O)CN2CCC[C@H](O)C2)CC1. The fraction of sp³-hybridized carbons (Fsp3) is 0.765. The van der Waals surface area contributed by atoms with E-state index in [-0.39, 0.29) is 12.0 Å². The first-order chi connectivity index (χ1) is 11.5. The molecule has 1 N–H and O–H groups in total. The van der Waals surface area contributed by atoms with Gasteiger partial charge in [-0.2, -0.15) is 0 Å². The summed E-state index contributed by atoms with van der Waals surface area (Å²) in [5, 5.41) is 13.7. The Kier molecular flexibility index (Phi) is 5.53. The molecule has 1 amide bonds. The third kappa shape index (κ3) is 4.15. The number of carbonyl (C=O) groups is 1. The van der Waals surface area contributed by atoms with Gasteiger partial charge in [-0.15, -0.1) is 0 Å². The molecule has 0 unspecified atom stereocenters. The average molecular weight is 336 g/mol. The molecule has 0 bridgehead atoms. The van der Waals surface area contributed by atoms with Crippen molar-refractivity contribution in [3.63, 3.8) is 0 Å². The van der Waals surface area contributed by atoms with Crippen LogP contribution in [0.15, 0.2) is 4.52 Å². The Labute approximate surface area is 143 Å². The number of piperidine rings is 1. The molecule has 2 fully saturated rings. The predicted molar refractivity (Wildman–Crippen MR) is 89.5 cm³/mol. The van der Waals surface area contributed by atoms with Gasteiger partial charge in [-0.1, -0.05) is 5.16 Å². The van der Waals surface area contributed by atoms with Crippen LogP contribution in [-0.4, -0.2) is 82.8 Å². The lowest BCUT2D eigenvalue weighted by molar-refractivity contribution is -0.134. The first-order valence-electron chi connectivity index (χ1n) is 8.85.